The van der Waals surface area contributed by atoms with E-state index in [1.54, 1.807) is 7.11 Å². The Morgan fingerprint density at radius 2 is 1.83 bits per heavy atom. The zero-order chi connectivity index (χ0) is 24.9. The van der Waals surface area contributed by atoms with Crippen LogP contribution in [0, 0.1) is 6.92 Å². The molecule has 0 N–H and O–H groups in total. The maximum atomic E-state index is 15.8. The minimum absolute atomic E-state index is 0.285. The Labute approximate surface area is 210 Å². The molecule has 1 aromatic carbocycles. The van der Waals surface area contributed by atoms with Crippen LogP contribution in [0.2, 0.25) is 0 Å². The maximum Gasteiger partial charge on any atom is 0.320 e. The van der Waals surface area contributed by atoms with Gasteiger partial charge in [0.1, 0.15) is 12.0 Å². The molecule has 0 aliphatic carbocycles. The lowest BCUT2D eigenvalue weighted by molar-refractivity contribution is -0.0880. The summed E-state index contributed by atoms with van der Waals surface area (Å²) in [5.74, 6) is 1.40. The maximum absolute atomic E-state index is 15.8. The average molecular weight is 497 g/mol. The predicted octanol–water partition coefficient (Wildman–Crippen LogP) is 2.67. The number of hydrogen-bond donors (Lipinski definition) is 0. The number of fused-ring (bicyclic) bond motifs is 1. The van der Waals surface area contributed by atoms with Crippen LogP contribution in [0.5, 0.6) is 6.01 Å². The number of hydrogen-bond acceptors (Lipinski definition) is 8. The summed E-state index contributed by atoms with van der Waals surface area (Å²) in [5, 5.41) is 5.65. The summed E-state index contributed by atoms with van der Waals surface area (Å²) in [4.78, 5) is 13.6. The van der Waals surface area contributed by atoms with Gasteiger partial charge in [-0.05, 0) is 43.1 Å². The summed E-state index contributed by atoms with van der Waals surface area (Å²) in [5.41, 5.74) is 2.44. The molecular weight excluding hydrogens is 463 g/mol. The van der Waals surface area contributed by atoms with E-state index in [1.165, 1.54) is 0 Å². The number of piperidine rings is 1. The van der Waals surface area contributed by atoms with E-state index in [9.17, 15) is 0 Å². The molecule has 2 unspecified atom stereocenters. The smallest absolute Gasteiger partial charge is 0.320 e. The van der Waals surface area contributed by atoms with Gasteiger partial charge in [0.15, 0.2) is 5.82 Å². The normalized spacial score (nSPS) is 25.8. The van der Waals surface area contributed by atoms with Crippen molar-refractivity contribution in [1.82, 2.24) is 24.6 Å². The van der Waals surface area contributed by atoms with Crippen molar-refractivity contribution in [1.29, 1.82) is 0 Å². The van der Waals surface area contributed by atoms with E-state index in [0.717, 1.165) is 53.9 Å². The zero-order valence-electron chi connectivity index (χ0n) is 21.1. The highest BCUT2D eigenvalue weighted by molar-refractivity contribution is 5.82. The molecule has 0 amide bonds. The number of methoxy groups -OCH3 is 1. The molecule has 0 saturated carbocycles. The van der Waals surface area contributed by atoms with Gasteiger partial charge in [-0.1, -0.05) is 6.92 Å². The summed E-state index contributed by atoms with van der Waals surface area (Å²) in [6, 6.07) is 6.78. The van der Waals surface area contributed by atoms with Crippen molar-refractivity contribution in [2.24, 2.45) is 0 Å². The summed E-state index contributed by atoms with van der Waals surface area (Å²) in [6.45, 7) is 9.68. The minimum Gasteiger partial charge on any atom is -0.467 e. The molecular formula is C26H33FN6O3. The fourth-order valence-corrected chi connectivity index (χ4v) is 5.64. The van der Waals surface area contributed by atoms with E-state index in [1.807, 2.05) is 16.9 Å². The lowest BCUT2D eigenvalue weighted by Gasteiger charge is -2.47. The van der Waals surface area contributed by atoms with Gasteiger partial charge in [0, 0.05) is 36.5 Å². The van der Waals surface area contributed by atoms with Gasteiger partial charge in [-0.15, -0.1) is 0 Å². The van der Waals surface area contributed by atoms with Crippen LogP contribution in [0.25, 0.3) is 16.7 Å². The molecule has 10 heteroatoms. The molecule has 2 aromatic heterocycles. The van der Waals surface area contributed by atoms with Crippen molar-refractivity contribution in [3.63, 3.8) is 0 Å². The number of halogens is 1. The summed E-state index contributed by atoms with van der Waals surface area (Å²) >= 11 is 0. The van der Waals surface area contributed by atoms with Crippen LogP contribution < -0.4 is 9.64 Å². The molecule has 36 heavy (non-hydrogen) atoms. The SMILES string of the molecule is COc1nc(N2CCOCC2)cc(-n2ncc3cc(C)c(C4(C)CCN(C5COC5)CC4F)cc32)n1. The quantitative estimate of drug-likeness (QED) is 0.534. The molecule has 2 atom stereocenters. The highest BCUT2D eigenvalue weighted by Crippen LogP contribution is 2.41. The van der Waals surface area contributed by atoms with Crippen molar-refractivity contribution in [2.45, 2.75) is 37.9 Å². The molecule has 9 nitrogen and oxygen atoms in total. The first kappa shape index (κ1) is 23.6. The molecule has 6 rings (SSSR count). The van der Waals surface area contributed by atoms with Gasteiger partial charge in [-0.3, -0.25) is 4.90 Å². The second-order valence-corrected chi connectivity index (χ2v) is 10.3. The van der Waals surface area contributed by atoms with Crippen LogP contribution in [0.4, 0.5) is 10.2 Å². The van der Waals surface area contributed by atoms with Crippen LogP contribution >= 0.6 is 0 Å². The lowest BCUT2D eigenvalue weighted by Crippen LogP contribution is -2.58. The summed E-state index contributed by atoms with van der Waals surface area (Å²) in [6.07, 6.45) is 1.63. The highest BCUT2D eigenvalue weighted by atomic mass is 19.1. The van der Waals surface area contributed by atoms with Gasteiger partial charge in [-0.2, -0.15) is 15.1 Å². The molecule has 0 spiro atoms. The third kappa shape index (κ3) is 4.01. The Morgan fingerprint density at radius 1 is 1.06 bits per heavy atom. The molecule has 0 bridgehead atoms. The zero-order valence-corrected chi connectivity index (χ0v) is 21.1. The fourth-order valence-electron chi connectivity index (χ4n) is 5.64. The number of aryl methyl sites for hydroxylation is 1. The number of benzene rings is 1. The highest BCUT2D eigenvalue weighted by Gasteiger charge is 2.44. The molecule has 3 aliphatic rings. The topological polar surface area (TPSA) is 77.8 Å². The number of ether oxygens (including phenoxy) is 3. The van der Waals surface area contributed by atoms with Gasteiger partial charge in [0.25, 0.3) is 0 Å². The van der Waals surface area contributed by atoms with E-state index in [-0.39, 0.29) is 6.01 Å². The van der Waals surface area contributed by atoms with Crippen molar-refractivity contribution in [3.8, 4) is 11.8 Å². The lowest BCUT2D eigenvalue weighted by atomic mass is 9.71. The Hall–Kier alpha value is -2.82. The van der Waals surface area contributed by atoms with Gasteiger partial charge in [0.05, 0.1) is 51.3 Å². The van der Waals surface area contributed by atoms with E-state index < -0.39 is 11.6 Å². The van der Waals surface area contributed by atoms with Crippen LogP contribution in [0.15, 0.2) is 24.4 Å². The molecule has 0 radical (unpaired) electrons. The minimum atomic E-state index is -0.966. The molecule has 5 heterocycles. The molecule has 3 aromatic rings. The number of alkyl halides is 1. The molecule has 3 fully saturated rings. The van der Waals surface area contributed by atoms with Crippen LogP contribution in [-0.2, 0) is 14.9 Å². The van der Waals surface area contributed by atoms with E-state index in [0.29, 0.717) is 44.8 Å². The van der Waals surface area contributed by atoms with Gasteiger partial charge in [-0.25, -0.2) is 9.07 Å². The Bertz CT molecular complexity index is 1260. The standard InChI is InChI=1S/C26H33FN6O3/c1-17-10-18-13-28-33(24-12-23(29-25(30-24)34-3)31-6-8-35-9-7-31)21(18)11-20(17)26(2)4-5-32(14-22(26)27)19-15-36-16-19/h10-13,19,22H,4-9,14-16H2,1-3H3. The van der Waals surface area contributed by atoms with E-state index in [4.69, 9.17) is 14.2 Å². The largest absolute Gasteiger partial charge is 0.467 e. The number of morpholine rings is 1. The molecule has 3 saturated heterocycles. The second kappa shape index (κ2) is 9.24. The van der Waals surface area contributed by atoms with Gasteiger partial charge >= 0.3 is 6.01 Å². The van der Waals surface area contributed by atoms with Crippen LogP contribution in [-0.4, -0.2) is 96.6 Å². The molecule has 3 aliphatic heterocycles. The first-order valence-corrected chi connectivity index (χ1v) is 12.7. The fraction of sp³-hybridized carbons (Fsp3) is 0.577. The number of aromatic nitrogens is 4. The van der Waals surface area contributed by atoms with Crippen LogP contribution in [0.1, 0.15) is 24.5 Å². The third-order valence-corrected chi connectivity index (χ3v) is 8.08. The van der Waals surface area contributed by atoms with Gasteiger partial charge in [0.2, 0.25) is 0 Å². The Balaban J connectivity index is 1.38. The number of anilines is 1. The Kier molecular flexibility index (Phi) is 6.05. The van der Waals surface area contributed by atoms with E-state index >= 15 is 4.39 Å². The van der Waals surface area contributed by atoms with Crippen molar-refractivity contribution in [3.05, 3.63) is 35.5 Å². The summed E-state index contributed by atoms with van der Waals surface area (Å²) < 4.78 is 33.9. The summed E-state index contributed by atoms with van der Waals surface area (Å²) in [7, 11) is 1.56. The number of nitrogens with zero attached hydrogens (tertiary/aromatic N) is 6. The first-order chi connectivity index (χ1) is 17.5. The number of likely N-dealkylation sites (tertiary alicyclic amines) is 1. The molecule has 192 valence electrons. The van der Waals surface area contributed by atoms with E-state index in [2.05, 4.69) is 50.8 Å². The van der Waals surface area contributed by atoms with Crippen LogP contribution in [0.3, 0.4) is 0 Å². The Morgan fingerprint density at radius 3 is 2.53 bits per heavy atom. The number of rotatable bonds is 5. The third-order valence-electron chi connectivity index (χ3n) is 8.08. The van der Waals surface area contributed by atoms with Crippen molar-refractivity contribution in [2.75, 3.05) is 64.6 Å². The second-order valence-electron chi connectivity index (χ2n) is 10.3. The van der Waals surface area contributed by atoms with Gasteiger partial charge < -0.3 is 19.1 Å². The monoisotopic (exact) mass is 496 g/mol. The predicted molar refractivity (Wildman–Crippen MR) is 134 cm³/mol. The first-order valence-electron chi connectivity index (χ1n) is 12.7. The average Bonchev–Trinajstić information content (AvgIpc) is 3.27. The van der Waals surface area contributed by atoms with Crippen molar-refractivity contribution >= 4 is 16.7 Å². The van der Waals surface area contributed by atoms with Crippen molar-refractivity contribution < 1.29 is 18.6 Å².